The number of hydrogen-bond acceptors (Lipinski definition) is 7. The average Bonchev–Trinajstić information content (AvgIpc) is 3.28. The first kappa shape index (κ1) is 63.3. The SMILES string of the molecule is CCCCC/C=C\C/C=C\C/C=C\CCCCCCCCC(=O)OC(COCCC(C(=O)[O-])[N+](C)(C)C)COC(=O)CCCCCCCCCCCCC/C=C\CCCCCCCCCC. The zero-order valence-electron chi connectivity index (χ0n) is 43.9. The number of aliphatic carboxylic acids is 1. The predicted octanol–water partition coefficient (Wildman–Crippen LogP) is 15.0. The molecule has 0 spiro atoms. The molecule has 8 nitrogen and oxygen atoms in total. The minimum absolute atomic E-state index is 0.0357. The summed E-state index contributed by atoms with van der Waals surface area (Å²) in [5.41, 5.74) is 0. The van der Waals surface area contributed by atoms with Gasteiger partial charge in [0, 0.05) is 19.3 Å². The van der Waals surface area contributed by atoms with Gasteiger partial charge in [-0.3, -0.25) is 9.59 Å². The third kappa shape index (κ3) is 46.4. The molecule has 2 unspecified atom stereocenters. The summed E-state index contributed by atoms with van der Waals surface area (Å²) >= 11 is 0. The maximum Gasteiger partial charge on any atom is 0.306 e. The predicted molar refractivity (Wildman–Crippen MR) is 277 cm³/mol. The number of carbonyl (C=O) groups is 3. The highest BCUT2D eigenvalue weighted by atomic mass is 16.6. The Morgan fingerprint density at radius 3 is 1.23 bits per heavy atom. The van der Waals surface area contributed by atoms with Gasteiger partial charge in [0.1, 0.15) is 12.6 Å². The van der Waals surface area contributed by atoms with E-state index in [1.165, 1.54) is 154 Å². The van der Waals surface area contributed by atoms with Crippen LogP contribution >= 0.6 is 0 Å². The number of quaternary nitrogens is 1. The highest BCUT2D eigenvalue weighted by molar-refractivity contribution is 5.70. The Hall–Kier alpha value is -2.71. The molecule has 66 heavy (non-hydrogen) atoms. The van der Waals surface area contributed by atoms with Crippen molar-refractivity contribution in [2.75, 3.05) is 41.0 Å². The van der Waals surface area contributed by atoms with Gasteiger partial charge in [-0.1, -0.05) is 204 Å². The second kappa shape index (κ2) is 48.7. The molecule has 0 fully saturated rings. The fourth-order valence-electron chi connectivity index (χ4n) is 8.13. The number of likely N-dealkylation sites (N-methyl/N-ethyl adjacent to an activating group) is 1. The Labute approximate surface area is 407 Å². The summed E-state index contributed by atoms with van der Waals surface area (Å²) in [7, 11) is 5.42. The number of hydrogen-bond donors (Lipinski definition) is 0. The lowest BCUT2D eigenvalue weighted by Crippen LogP contribution is -2.55. The summed E-state index contributed by atoms with van der Waals surface area (Å²) in [6.45, 7) is 4.65. The molecule has 0 aromatic carbocycles. The number of carboxylic acids is 1. The second-order valence-corrected chi connectivity index (χ2v) is 19.8. The highest BCUT2D eigenvalue weighted by Gasteiger charge is 2.25. The van der Waals surface area contributed by atoms with Crippen LogP contribution in [-0.2, 0) is 28.6 Å². The molecule has 0 amide bonds. The Kier molecular flexibility index (Phi) is 46.7. The highest BCUT2D eigenvalue weighted by Crippen LogP contribution is 2.16. The molecule has 0 radical (unpaired) electrons. The van der Waals surface area contributed by atoms with Crippen LogP contribution < -0.4 is 5.11 Å². The molecule has 0 N–H and O–H groups in total. The monoisotopic (exact) mass is 928 g/mol. The van der Waals surface area contributed by atoms with Gasteiger partial charge < -0.3 is 28.6 Å². The van der Waals surface area contributed by atoms with Crippen LogP contribution in [0, 0.1) is 0 Å². The van der Waals surface area contributed by atoms with Crippen LogP contribution in [0.2, 0.25) is 0 Å². The van der Waals surface area contributed by atoms with Crippen molar-refractivity contribution in [1.29, 1.82) is 0 Å². The number of carbonyl (C=O) groups excluding carboxylic acids is 3. The molecule has 8 heteroatoms. The first-order chi connectivity index (χ1) is 32.1. The molecule has 0 aromatic heterocycles. The standard InChI is InChI=1S/C58H105NO7/c1-6-8-10-12-14-16-18-20-22-24-26-27-28-29-31-32-34-36-38-40-42-44-46-48-56(60)65-53-54(52-64-51-50-55(58(62)63)59(3,4)5)66-57(61)49-47-45-43-41-39-37-35-33-30-25-23-21-19-17-15-13-11-9-7-2/h15,17,21,23-24,26,30,33,54-55H,6-14,16,18-20,22,25,27-29,31-32,34-53H2,1-5H3/b17-15-,23-21-,26-24-,33-30-. The minimum atomic E-state index is -1.13. The number of allylic oxidation sites excluding steroid dienone is 8. The Morgan fingerprint density at radius 1 is 0.455 bits per heavy atom. The molecule has 0 rings (SSSR count). The number of nitrogens with zero attached hydrogens (tertiary/aromatic N) is 1. The number of carboxylic acid groups (broad SMARTS) is 1. The van der Waals surface area contributed by atoms with Crippen molar-refractivity contribution in [1.82, 2.24) is 0 Å². The van der Waals surface area contributed by atoms with Crippen molar-refractivity contribution in [3.8, 4) is 0 Å². The van der Waals surface area contributed by atoms with Crippen LogP contribution in [0.4, 0.5) is 0 Å². The van der Waals surface area contributed by atoms with E-state index in [9.17, 15) is 19.5 Å². The summed E-state index contributed by atoms with van der Waals surface area (Å²) < 4.78 is 17.3. The molecule has 2 atom stereocenters. The maximum atomic E-state index is 12.8. The fraction of sp³-hybridized carbons (Fsp3) is 0.810. The molecule has 0 saturated carbocycles. The van der Waals surface area contributed by atoms with Gasteiger partial charge in [-0.2, -0.15) is 0 Å². The molecule has 0 bridgehead atoms. The van der Waals surface area contributed by atoms with Gasteiger partial charge in [0.05, 0.1) is 40.3 Å². The molecular formula is C58H105NO7. The van der Waals surface area contributed by atoms with Crippen LogP contribution in [-0.4, -0.2) is 75.5 Å². The van der Waals surface area contributed by atoms with E-state index < -0.39 is 18.1 Å². The smallest absolute Gasteiger partial charge is 0.306 e. The van der Waals surface area contributed by atoms with E-state index in [2.05, 4.69) is 62.5 Å². The van der Waals surface area contributed by atoms with E-state index in [1.54, 1.807) is 21.1 Å². The zero-order chi connectivity index (χ0) is 48.4. The topological polar surface area (TPSA) is 102 Å². The van der Waals surface area contributed by atoms with Gasteiger partial charge in [-0.15, -0.1) is 0 Å². The van der Waals surface area contributed by atoms with E-state index in [4.69, 9.17) is 14.2 Å². The van der Waals surface area contributed by atoms with E-state index in [0.29, 0.717) is 12.8 Å². The van der Waals surface area contributed by atoms with Crippen molar-refractivity contribution in [2.24, 2.45) is 0 Å². The maximum absolute atomic E-state index is 12.8. The van der Waals surface area contributed by atoms with Crippen LogP contribution in [0.3, 0.4) is 0 Å². The molecule has 0 aromatic rings. The summed E-state index contributed by atoms with van der Waals surface area (Å²) in [4.78, 5) is 37.1. The quantitative estimate of drug-likeness (QED) is 0.0259. The Balaban J connectivity index is 4.20. The molecule has 0 aliphatic rings. The van der Waals surface area contributed by atoms with Crippen molar-refractivity contribution in [2.45, 2.75) is 264 Å². The molecule has 0 aliphatic carbocycles. The molecule has 0 heterocycles. The molecule has 0 saturated heterocycles. The van der Waals surface area contributed by atoms with E-state index >= 15 is 0 Å². The first-order valence-electron chi connectivity index (χ1n) is 27.7. The minimum Gasteiger partial charge on any atom is -0.544 e. The first-order valence-corrected chi connectivity index (χ1v) is 27.7. The zero-order valence-corrected chi connectivity index (χ0v) is 43.9. The second-order valence-electron chi connectivity index (χ2n) is 19.8. The van der Waals surface area contributed by atoms with E-state index in [0.717, 1.165) is 64.2 Å². The largest absolute Gasteiger partial charge is 0.544 e. The lowest BCUT2D eigenvalue weighted by molar-refractivity contribution is -0.889. The molecular weight excluding hydrogens is 823 g/mol. The molecule has 0 aliphatic heterocycles. The van der Waals surface area contributed by atoms with E-state index in [1.807, 2.05) is 0 Å². The summed E-state index contributed by atoms with van der Waals surface area (Å²) in [5, 5.41) is 11.7. The third-order valence-corrected chi connectivity index (χ3v) is 12.4. The van der Waals surface area contributed by atoms with Crippen LogP contribution in [0.1, 0.15) is 251 Å². The van der Waals surface area contributed by atoms with Gasteiger partial charge in [0.25, 0.3) is 0 Å². The summed E-state index contributed by atoms with van der Waals surface area (Å²) in [6, 6.07) is -0.730. The third-order valence-electron chi connectivity index (χ3n) is 12.4. The van der Waals surface area contributed by atoms with Crippen molar-refractivity contribution >= 4 is 17.9 Å². The van der Waals surface area contributed by atoms with Gasteiger partial charge in [0.15, 0.2) is 6.10 Å². The average molecular weight is 928 g/mol. The number of esters is 2. The lowest BCUT2D eigenvalue weighted by atomic mass is 10.0. The number of unbranched alkanes of at least 4 members (excludes halogenated alkanes) is 28. The van der Waals surface area contributed by atoms with Gasteiger partial charge in [-0.05, 0) is 77.0 Å². The lowest BCUT2D eigenvalue weighted by Gasteiger charge is -2.34. The fourth-order valence-corrected chi connectivity index (χ4v) is 8.13. The van der Waals surface area contributed by atoms with Crippen LogP contribution in [0.25, 0.3) is 0 Å². The number of ether oxygens (including phenoxy) is 3. The normalized spacial score (nSPS) is 13.2. The van der Waals surface area contributed by atoms with Crippen molar-refractivity contribution in [3.63, 3.8) is 0 Å². The summed E-state index contributed by atoms with van der Waals surface area (Å²) in [6.07, 6.45) is 60.0. The van der Waals surface area contributed by atoms with Crippen LogP contribution in [0.15, 0.2) is 48.6 Å². The van der Waals surface area contributed by atoms with Gasteiger partial charge in [0.2, 0.25) is 0 Å². The Bertz CT molecular complexity index is 1220. The van der Waals surface area contributed by atoms with Crippen molar-refractivity contribution < 1.29 is 38.2 Å². The van der Waals surface area contributed by atoms with Gasteiger partial charge >= 0.3 is 11.9 Å². The summed E-state index contributed by atoms with van der Waals surface area (Å²) in [5.74, 6) is -1.74. The number of rotatable bonds is 50. The Morgan fingerprint density at radius 2 is 0.803 bits per heavy atom. The molecule has 384 valence electrons. The van der Waals surface area contributed by atoms with Crippen LogP contribution in [0.5, 0.6) is 0 Å². The van der Waals surface area contributed by atoms with Gasteiger partial charge in [-0.25, -0.2) is 0 Å². The van der Waals surface area contributed by atoms with E-state index in [-0.39, 0.29) is 42.7 Å². The van der Waals surface area contributed by atoms with Crippen molar-refractivity contribution in [3.05, 3.63) is 48.6 Å².